The summed E-state index contributed by atoms with van der Waals surface area (Å²) >= 11 is 0. The molecule has 0 saturated carbocycles. The number of rotatable bonds is 3. The van der Waals surface area contributed by atoms with Gasteiger partial charge in [0.15, 0.2) is 0 Å². The molecule has 0 unspecified atom stereocenters. The zero-order valence-electron chi connectivity index (χ0n) is 10.8. The molecule has 3 heteroatoms. The first-order valence-electron chi connectivity index (χ1n) is 5.73. The fourth-order valence-corrected chi connectivity index (χ4v) is 2.17. The topological polar surface area (TPSA) is 42.2 Å². The molecule has 90 valence electrons. The SMILES string of the molecule is CCCn1c(C)cc(C)c(C(C)(C)O)c1=O. The summed E-state index contributed by atoms with van der Waals surface area (Å²) in [6, 6.07) is 1.96. The van der Waals surface area contributed by atoms with Crippen molar-refractivity contribution in [3.8, 4) is 0 Å². The maximum absolute atomic E-state index is 12.3. The molecule has 0 atom stereocenters. The number of aromatic nitrogens is 1. The van der Waals surface area contributed by atoms with E-state index in [-0.39, 0.29) is 5.56 Å². The summed E-state index contributed by atoms with van der Waals surface area (Å²) in [4.78, 5) is 12.3. The quantitative estimate of drug-likeness (QED) is 0.852. The van der Waals surface area contributed by atoms with Gasteiger partial charge in [-0.3, -0.25) is 4.79 Å². The van der Waals surface area contributed by atoms with Crippen LogP contribution in [0.5, 0.6) is 0 Å². The lowest BCUT2D eigenvalue weighted by molar-refractivity contribution is 0.0757. The third kappa shape index (κ3) is 2.35. The molecule has 16 heavy (non-hydrogen) atoms. The highest BCUT2D eigenvalue weighted by Crippen LogP contribution is 2.20. The Morgan fingerprint density at radius 3 is 2.38 bits per heavy atom. The number of aryl methyl sites for hydroxylation is 2. The first-order valence-corrected chi connectivity index (χ1v) is 5.73. The smallest absolute Gasteiger partial charge is 0.257 e. The average molecular weight is 223 g/mol. The van der Waals surface area contributed by atoms with E-state index in [1.54, 1.807) is 18.4 Å². The molecule has 0 saturated heterocycles. The van der Waals surface area contributed by atoms with E-state index >= 15 is 0 Å². The van der Waals surface area contributed by atoms with Gasteiger partial charge in [-0.1, -0.05) is 6.92 Å². The summed E-state index contributed by atoms with van der Waals surface area (Å²) in [5, 5.41) is 10.0. The van der Waals surface area contributed by atoms with Crippen LogP contribution in [-0.4, -0.2) is 9.67 Å². The number of nitrogens with zero attached hydrogens (tertiary/aromatic N) is 1. The van der Waals surface area contributed by atoms with Crippen LogP contribution in [0.15, 0.2) is 10.9 Å². The van der Waals surface area contributed by atoms with Gasteiger partial charge in [-0.15, -0.1) is 0 Å². The van der Waals surface area contributed by atoms with Gasteiger partial charge in [0.05, 0.1) is 11.2 Å². The zero-order chi connectivity index (χ0) is 12.5. The van der Waals surface area contributed by atoms with Crippen LogP contribution < -0.4 is 5.56 Å². The zero-order valence-corrected chi connectivity index (χ0v) is 10.8. The van der Waals surface area contributed by atoms with Crippen molar-refractivity contribution in [3.05, 3.63) is 33.2 Å². The third-order valence-corrected chi connectivity index (χ3v) is 2.76. The van der Waals surface area contributed by atoms with Crippen molar-refractivity contribution in [2.24, 2.45) is 0 Å². The van der Waals surface area contributed by atoms with E-state index in [1.807, 2.05) is 26.8 Å². The Kier molecular flexibility index (Phi) is 3.58. The van der Waals surface area contributed by atoms with Gasteiger partial charge in [0.1, 0.15) is 0 Å². The Balaban J connectivity index is 3.52. The first kappa shape index (κ1) is 13.0. The minimum atomic E-state index is -1.08. The lowest BCUT2D eigenvalue weighted by atomic mass is 9.95. The third-order valence-electron chi connectivity index (χ3n) is 2.76. The molecule has 0 aliphatic heterocycles. The molecule has 0 bridgehead atoms. The van der Waals surface area contributed by atoms with E-state index < -0.39 is 5.60 Å². The fourth-order valence-electron chi connectivity index (χ4n) is 2.17. The Morgan fingerprint density at radius 2 is 1.94 bits per heavy atom. The normalized spacial score (nSPS) is 11.9. The minimum absolute atomic E-state index is 0.0631. The van der Waals surface area contributed by atoms with Gasteiger partial charge in [0, 0.05) is 12.2 Å². The predicted molar refractivity (Wildman–Crippen MR) is 65.7 cm³/mol. The Morgan fingerprint density at radius 1 is 1.38 bits per heavy atom. The molecule has 0 fully saturated rings. The monoisotopic (exact) mass is 223 g/mol. The highest BCUT2D eigenvalue weighted by atomic mass is 16.3. The molecule has 1 rings (SSSR count). The van der Waals surface area contributed by atoms with E-state index in [0.717, 1.165) is 17.7 Å². The molecular formula is C13H21NO2. The van der Waals surface area contributed by atoms with Crippen molar-refractivity contribution in [2.75, 3.05) is 0 Å². The lowest BCUT2D eigenvalue weighted by Gasteiger charge is -2.22. The van der Waals surface area contributed by atoms with Crippen molar-refractivity contribution < 1.29 is 5.11 Å². The minimum Gasteiger partial charge on any atom is -0.386 e. The lowest BCUT2D eigenvalue weighted by Crippen LogP contribution is -2.34. The predicted octanol–water partition coefficient (Wildman–Crippen LogP) is 2.10. The molecule has 1 aromatic rings. The van der Waals surface area contributed by atoms with Crippen molar-refractivity contribution in [3.63, 3.8) is 0 Å². The van der Waals surface area contributed by atoms with Crippen molar-refractivity contribution >= 4 is 0 Å². The molecule has 0 aliphatic rings. The Labute approximate surface area is 96.7 Å². The maximum atomic E-state index is 12.3. The average Bonchev–Trinajstić information content (AvgIpc) is 2.09. The molecule has 3 nitrogen and oxygen atoms in total. The van der Waals surface area contributed by atoms with Crippen LogP contribution in [0.4, 0.5) is 0 Å². The molecule has 0 spiro atoms. The number of pyridine rings is 1. The second-order valence-electron chi connectivity index (χ2n) is 4.86. The van der Waals surface area contributed by atoms with Crippen LogP contribution in [0.2, 0.25) is 0 Å². The second-order valence-corrected chi connectivity index (χ2v) is 4.86. The molecule has 1 N–H and O–H groups in total. The van der Waals surface area contributed by atoms with Gasteiger partial charge in [-0.25, -0.2) is 0 Å². The fraction of sp³-hybridized carbons (Fsp3) is 0.615. The van der Waals surface area contributed by atoms with E-state index in [1.165, 1.54) is 0 Å². The highest BCUT2D eigenvalue weighted by molar-refractivity contribution is 5.30. The summed E-state index contributed by atoms with van der Waals surface area (Å²) in [6.45, 7) is 9.85. The summed E-state index contributed by atoms with van der Waals surface area (Å²) in [7, 11) is 0. The Hall–Kier alpha value is -1.09. The summed E-state index contributed by atoms with van der Waals surface area (Å²) in [5.41, 5.74) is 1.18. The van der Waals surface area contributed by atoms with Gasteiger partial charge in [-0.2, -0.15) is 0 Å². The van der Waals surface area contributed by atoms with Crippen LogP contribution in [0, 0.1) is 13.8 Å². The summed E-state index contributed by atoms with van der Waals surface area (Å²) < 4.78 is 1.74. The second kappa shape index (κ2) is 4.42. The van der Waals surface area contributed by atoms with Gasteiger partial charge in [0.25, 0.3) is 5.56 Å². The molecular weight excluding hydrogens is 202 g/mol. The van der Waals surface area contributed by atoms with Gasteiger partial charge in [0.2, 0.25) is 0 Å². The van der Waals surface area contributed by atoms with E-state index in [2.05, 4.69) is 0 Å². The number of aliphatic hydroxyl groups is 1. The van der Waals surface area contributed by atoms with Crippen LogP contribution >= 0.6 is 0 Å². The van der Waals surface area contributed by atoms with E-state index in [4.69, 9.17) is 0 Å². The molecule has 0 aliphatic carbocycles. The first-order chi connectivity index (χ1) is 7.29. The van der Waals surface area contributed by atoms with Crippen molar-refractivity contribution in [2.45, 2.75) is 53.2 Å². The van der Waals surface area contributed by atoms with Crippen LogP contribution in [-0.2, 0) is 12.1 Å². The molecule has 0 amide bonds. The molecule has 0 aromatic carbocycles. The van der Waals surface area contributed by atoms with Gasteiger partial charge >= 0.3 is 0 Å². The molecule has 0 radical (unpaired) electrons. The van der Waals surface area contributed by atoms with E-state index in [0.29, 0.717) is 12.1 Å². The van der Waals surface area contributed by atoms with Crippen LogP contribution in [0.1, 0.15) is 44.0 Å². The molecule has 1 aromatic heterocycles. The Bertz CT molecular complexity index is 438. The van der Waals surface area contributed by atoms with Gasteiger partial charge < -0.3 is 9.67 Å². The van der Waals surface area contributed by atoms with E-state index in [9.17, 15) is 9.90 Å². The standard InChI is InChI=1S/C13H21NO2/c1-6-7-14-10(3)8-9(2)11(12(14)15)13(4,5)16/h8,16H,6-7H2,1-5H3. The molecule has 1 heterocycles. The summed E-state index contributed by atoms with van der Waals surface area (Å²) in [6.07, 6.45) is 0.912. The largest absolute Gasteiger partial charge is 0.386 e. The van der Waals surface area contributed by atoms with Crippen molar-refractivity contribution in [1.82, 2.24) is 4.57 Å². The number of hydrogen-bond donors (Lipinski definition) is 1. The summed E-state index contributed by atoms with van der Waals surface area (Å²) in [5.74, 6) is 0. The van der Waals surface area contributed by atoms with Crippen LogP contribution in [0.25, 0.3) is 0 Å². The van der Waals surface area contributed by atoms with Crippen molar-refractivity contribution in [1.29, 1.82) is 0 Å². The van der Waals surface area contributed by atoms with Gasteiger partial charge in [-0.05, 0) is 45.7 Å². The maximum Gasteiger partial charge on any atom is 0.257 e. The van der Waals surface area contributed by atoms with Crippen LogP contribution in [0.3, 0.4) is 0 Å². The number of hydrogen-bond acceptors (Lipinski definition) is 2. The highest BCUT2D eigenvalue weighted by Gasteiger charge is 2.24.